The van der Waals surface area contributed by atoms with Crippen molar-refractivity contribution < 1.29 is 4.74 Å². The predicted molar refractivity (Wildman–Crippen MR) is 74.8 cm³/mol. The maximum Gasteiger partial charge on any atom is 0.211 e. The topological polar surface area (TPSA) is 39.1 Å². The molecule has 0 saturated carbocycles. The number of aromatic nitrogens is 2. The van der Waals surface area contributed by atoms with E-state index in [1.807, 2.05) is 13.1 Å². The van der Waals surface area contributed by atoms with E-state index in [4.69, 9.17) is 4.74 Å². The molecule has 1 rings (SSSR count). The summed E-state index contributed by atoms with van der Waals surface area (Å²) >= 11 is 0. The van der Waals surface area contributed by atoms with Gasteiger partial charge in [-0.25, -0.2) is 4.68 Å². The largest absolute Gasteiger partial charge is 0.481 e. The van der Waals surface area contributed by atoms with Gasteiger partial charge in [0.05, 0.1) is 12.8 Å². The number of hydrogen-bond acceptors (Lipinski definition) is 3. The van der Waals surface area contributed by atoms with Gasteiger partial charge >= 0.3 is 0 Å². The quantitative estimate of drug-likeness (QED) is 0.847. The Hall–Kier alpha value is -1.03. The summed E-state index contributed by atoms with van der Waals surface area (Å²) in [5, 5.41) is 7.90. The first-order valence-corrected chi connectivity index (χ1v) is 6.62. The summed E-state index contributed by atoms with van der Waals surface area (Å²) in [7, 11) is 3.56. The fraction of sp³-hybridized carbons (Fsp3) is 0.786. The lowest BCUT2D eigenvalue weighted by Crippen LogP contribution is -2.27. The maximum absolute atomic E-state index is 5.20. The Morgan fingerprint density at radius 1 is 1.44 bits per heavy atom. The highest BCUT2D eigenvalue weighted by Gasteiger charge is 2.13. The van der Waals surface area contributed by atoms with Gasteiger partial charge in [0, 0.05) is 25.7 Å². The minimum absolute atomic E-state index is 0.407. The maximum atomic E-state index is 5.20. The normalized spacial score (nSPS) is 13.7. The summed E-state index contributed by atoms with van der Waals surface area (Å²) in [6, 6.07) is 2.49. The summed E-state index contributed by atoms with van der Waals surface area (Å²) in [5.41, 5.74) is 1.43. The van der Waals surface area contributed by atoms with Crippen molar-refractivity contribution in [2.45, 2.75) is 53.1 Å². The second-order valence-electron chi connectivity index (χ2n) is 6.18. The summed E-state index contributed by atoms with van der Waals surface area (Å²) < 4.78 is 6.96. The zero-order valence-corrected chi connectivity index (χ0v) is 12.6. The second-order valence-corrected chi connectivity index (χ2v) is 6.18. The van der Waals surface area contributed by atoms with E-state index < -0.39 is 0 Å². The van der Waals surface area contributed by atoms with Gasteiger partial charge in [-0.15, -0.1) is 0 Å². The highest BCUT2D eigenvalue weighted by atomic mass is 16.5. The molecule has 0 bridgehead atoms. The molecule has 0 saturated heterocycles. The van der Waals surface area contributed by atoms with E-state index in [9.17, 15) is 0 Å². The highest BCUT2D eigenvalue weighted by Crippen LogP contribution is 2.21. The van der Waals surface area contributed by atoms with Crippen LogP contribution in [0.2, 0.25) is 0 Å². The van der Waals surface area contributed by atoms with Crippen molar-refractivity contribution in [2.24, 2.45) is 12.5 Å². The molecule has 4 heteroatoms. The average Bonchev–Trinajstić information content (AvgIpc) is 2.63. The van der Waals surface area contributed by atoms with Gasteiger partial charge in [-0.05, 0) is 25.2 Å². The van der Waals surface area contributed by atoms with Crippen LogP contribution in [0.1, 0.15) is 46.2 Å². The minimum Gasteiger partial charge on any atom is -0.481 e. The molecule has 0 fully saturated rings. The van der Waals surface area contributed by atoms with Crippen LogP contribution in [0.5, 0.6) is 5.88 Å². The monoisotopic (exact) mass is 253 g/mol. The first-order chi connectivity index (χ1) is 8.31. The van der Waals surface area contributed by atoms with Gasteiger partial charge in [0.2, 0.25) is 5.88 Å². The van der Waals surface area contributed by atoms with Gasteiger partial charge in [0.15, 0.2) is 0 Å². The fourth-order valence-corrected chi connectivity index (χ4v) is 1.81. The molecule has 18 heavy (non-hydrogen) atoms. The smallest absolute Gasteiger partial charge is 0.211 e. The van der Waals surface area contributed by atoms with Crippen LogP contribution < -0.4 is 10.1 Å². The Morgan fingerprint density at radius 3 is 2.61 bits per heavy atom. The van der Waals surface area contributed by atoms with Crippen LogP contribution in [-0.4, -0.2) is 22.9 Å². The Balaban J connectivity index is 2.35. The minimum atomic E-state index is 0.407. The van der Waals surface area contributed by atoms with Crippen LogP contribution in [0.25, 0.3) is 0 Å². The Morgan fingerprint density at radius 2 is 2.11 bits per heavy atom. The molecule has 0 aliphatic rings. The van der Waals surface area contributed by atoms with E-state index in [2.05, 4.69) is 38.1 Å². The highest BCUT2D eigenvalue weighted by molar-refractivity contribution is 5.15. The number of methoxy groups -OCH3 is 1. The molecular formula is C14H27N3O. The SMILES string of the molecule is COc1cc(CNC(C)CCC(C)(C)C)nn1C. The number of hydrogen-bond donors (Lipinski definition) is 1. The van der Waals surface area contributed by atoms with Crippen LogP contribution in [0, 0.1) is 5.41 Å². The van der Waals surface area contributed by atoms with E-state index >= 15 is 0 Å². The first kappa shape index (κ1) is 15.0. The third kappa shape index (κ3) is 5.08. The van der Waals surface area contributed by atoms with Crippen molar-refractivity contribution in [1.29, 1.82) is 0 Å². The lowest BCUT2D eigenvalue weighted by molar-refractivity contribution is 0.335. The molecule has 1 atom stereocenters. The van der Waals surface area contributed by atoms with Gasteiger partial charge in [0.1, 0.15) is 0 Å². The lowest BCUT2D eigenvalue weighted by Gasteiger charge is -2.21. The van der Waals surface area contributed by atoms with Crippen molar-refractivity contribution in [3.8, 4) is 5.88 Å². The van der Waals surface area contributed by atoms with Crippen LogP contribution >= 0.6 is 0 Å². The summed E-state index contributed by atoms with van der Waals surface area (Å²) in [6.07, 6.45) is 2.42. The molecule has 0 aromatic carbocycles. The molecule has 104 valence electrons. The van der Waals surface area contributed by atoms with Crippen LogP contribution in [0.4, 0.5) is 0 Å². The van der Waals surface area contributed by atoms with Gasteiger partial charge in [-0.3, -0.25) is 0 Å². The average molecular weight is 253 g/mol. The fourth-order valence-electron chi connectivity index (χ4n) is 1.81. The van der Waals surface area contributed by atoms with Crippen molar-refractivity contribution in [3.63, 3.8) is 0 Å². The Kier molecular flexibility index (Phi) is 5.20. The number of ether oxygens (including phenoxy) is 1. The lowest BCUT2D eigenvalue weighted by atomic mass is 9.89. The Bertz CT molecular complexity index is 366. The molecule has 0 aliphatic carbocycles. The predicted octanol–water partition coefficient (Wildman–Crippen LogP) is 2.73. The molecule has 0 radical (unpaired) electrons. The number of rotatable bonds is 6. The standard InChI is InChI=1S/C14H27N3O/c1-11(7-8-14(2,3)4)15-10-12-9-13(18-6)17(5)16-12/h9,11,15H,7-8,10H2,1-6H3. The van der Waals surface area contributed by atoms with E-state index in [1.54, 1.807) is 11.8 Å². The third-order valence-electron chi connectivity index (χ3n) is 3.06. The molecule has 0 aliphatic heterocycles. The van der Waals surface area contributed by atoms with Crippen molar-refractivity contribution in [1.82, 2.24) is 15.1 Å². The molecule has 4 nitrogen and oxygen atoms in total. The van der Waals surface area contributed by atoms with E-state index in [0.717, 1.165) is 18.1 Å². The first-order valence-electron chi connectivity index (χ1n) is 6.62. The third-order valence-corrected chi connectivity index (χ3v) is 3.06. The van der Waals surface area contributed by atoms with Gasteiger partial charge < -0.3 is 10.1 Å². The van der Waals surface area contributed by atoms with Crippen LogP contribution in [0.3, 0.4) is 0 Å². The zero-order chi connectivity index (χ0) is 13.8. The molecule has 1 unspecified atom stereocenters. The van der Waals surface area contributed by atoms with Gasteiger partial charge in [0.25, 0.3) is 0 Å². The summed E-state index contributed by atoms with van der Waals surface area (Å²) in [4.78, 5) is 0. The molecule has 0 spiro atoms. The zero-order valence-electron chi connectivity index (χ0n) is 12.6. The van der Waals surface area contributed by atoms with E-state index in [0.29, 0.717) is 11.5 Å². The molecule has 1 heterocycles. The molecule has 0 amide bonds. The number of nitrogens with one attached hydrogen (secondary N) is 1. The van der Waals surface area contributed by atoms with Gasteiger partial charge in [-0.1, -0.05) is 20.8 Å². The summed E-state index contributed by atoms with van der Waals surface area (Å²) in [6.45, 7) is 9.87. The van der Waals surface area contributed by atoms with E-state index in [1.165, 1.54) is 12.8 Å². The van der Waals surface area contributed by atoms with E-state index in [-0.39, 0.29) is 0 Å². The number of aryl methyl sites for hydroxylation is 1. The summed E-state index contributed by atoms with van der Waals surface area (Å²) in [5.74, 6) is 0.800. The second kappa shape index (κ2) is 6.23. The Labute approximate surface area is 111 Å². The van der Waals surface area contributed by atoms with Crippen molar-refractivity contribution in [3.05, 3.63) is 11.8 Å². The molecule has 1 N–H and O–H groups in total. The number of nitrogens with zero attached hydrogens (tertiary/aromatic N) is 2. The van der Waals surface area contributed by atoms with Crippen LogP contribution in [0.15, 0.2) is 6.07 Å². The molecule has 1 aromatic heterocycles. The molecular weight excluding hydrogens is 226 g/mol. The van der Waals surface area contributed by atoms with Crippen molar-refractivity contribution in [2.75, 3.05) is 7.11 Å². The van der Waals surface area contributed by atoms with Crippen molar-refractivity contribution >= 4 is 0 Å². The van der Waals surface area contributed by atoms with Crippen LogP contribution in [-0.2, 0) is 13.6 Å². The van der Waals surface area contributed by atoms with Gasteiger partial charge in [-0.2, -0.15) is 5.10 Å². The molecule has 1 aromatic rings.